The molecule has 0 aliphatic heterocycles. The molecule has 0 aliphatic carbocycles. The number of nitro benzene ring substituents is 1. The van der Waals surface area contributed by atoms with Crippen LogP contribution in [-0.2, 0) is 0 Å². The molecular weight excluding hydrogens is 272 g/mol. The Kier molecular flexibility index (Phi) is 3.07. The molecule has 0 amide bonds. The monoisotopic (exact) mass is 282 g/mol. The third kappa shape index (κ3) is 2.32. The van der Waals surface area contributed by atoms with E-state index in [1.165, 1.54) is 12.1 Å². The molecule has 0 saturated carbocycles. The van der Waals surface area contributed by atoms with Gasteiger partial charge in [0.05, 0.1) is 16.2 Å². The topological polar surface area (TPSA) is 108 Å². The van der Waals surface area contributed by atoms with Crippen molar-refractivity contribution in [1.82, 2.24) is 10.1 Å². The molecule has 0 bridgehead atoms. The Labute approximate surface area is 119 Å². The molecular formula is C14H10N4O3. The zero-order chi connectivity index (χ0) is 14.8. The molecule has 0 saturated heterocycles. The van der Waals surface area contributed by atoms with Gasteiger partial charge in [0.2, 0.25) is 5.88 Å². The number of hydrogen-bond acceptors (Lipinski definition) is 6. The van der Waals surface area contributed by atoms with Crippen molar-refractivity contribution >= 4 is 11.6 Å². The van der Waals surface area contributed by atoms with Crippen molar-refractivity contribution in [2.45, 2.75) is 0 Å². The van der Waals surface area contributed by atoms with E-state index in [-0.39, 0.29) is 11.6 Å². The van der Waals surface area contributed by atoms with Crippen LogP contribution < -0.4 is 5.73 Å². The zero-order valence-electron chi connectivity index (χ0n) is 10.8. The van der Waals surface area contributed by atoms with Crippen LogP contribution in [0.2, 0.25) is 0 Å². The number of non-ortho nitro benzene ring substituents is 1. The third-order valence-corrected chi connectivity index (χ3v) is 2.99. The minimum atomic E-state index is -0.458. The van der Waals surface area contributed by atoms with Gasteiger partial charge in [-0.05, 0) is 24.3 Å². The second kappa shape index (κ2) is 5.04. The van der Waals surface area contributed by atoms with Crippen molar-refractivity contribution in [2.24, 2.45) is 0 Å². The van der Waals surface area contributed by atoms with Gasteiger partial charge in [-0.15, -0.1) is 0 Å². The van der Waals surface area contributed by atoms with Crippen LogP contribution in [0.15, 0.2) is 53.2 Å². The fraction of sp³-hybridized carbons (Fsp3) is 0. The minimum absolute atomic E-state index is 0.00889. The molecule has 2 N–H and O–H groups in total. The first-order chi connectivity index (χ1) is 10.2. The molecule has 0 unspecified atom stereocenters. The highest BCUT2D eigenvalue weighted by atomic mass is 16.6. The number of anilines is 1. The Morgan fingerprint density at radius 3 is 2.52 bits per heavy atom. The van der Waals surface area contributed by atoms with Gasteiger partial charge >= 0.3 is 0 Å². The number of aromatic nitrogens is 2. The maximum Gasteiger partial charge on any atom is 0.269 e. The fourth-order valence-electron chi connectivity index (χ4n) is 2.00. The summed E-state index contributed by atoms with van der Waals surface area (Å²) < 4.78 is 5.04. The standard InChI is InChI=1S/C14H10N4O3/c15-14-12(11-3-1-2-8-16-11)13(17-21-14)9-4-6-10(7-5-9)18(19)20/h1-8H,15H2. The Bertz CT molecular complexity index is 782. The van der Waals surface area contributed by atoms with Crippen molar-refractivity contribution in [2.75, 3.05) is 5.73 Å². The van der Waals surface area contributed by atoms with Gasteiger partial charge in [0.1, 0.15) is 5.69 Å². The molecule has 0 aliphatic rings. The molecule has 0 atom stereocenters. The lowest BCUT2D eigenvalue weighted by Gasteiger charge is -2.01. The lowest BCUT2D eigenvalue weighted by Crippen LogP contribution is -1.91. The second-order valence-corrected chi connectivity index (χ2v) is 4.29. The first kappa shape index (κ1) is 12.8. The molecule has 0 fully saturated rings. The maximum atomic E-state index is 10.7. The third-order valence-electron chi connectivity index (χ3n) is 2.99. The number of pyridine rings is 1. The van der Waals surface area contributed by atoms with Crippen LogP contribution >= 0.6 is 0 Å². The molecule has 0 spiro atoms. The van der Waals surface area contributed by atoms with Gasteiger partial charge in [0.25, 0.3) is 5.69 Å². The first-order valence-corrected chi connectivity index (χ1v) is 6.08. The quantitative estimate of drug-likeness (QED) is 0.584. The van der Waals surface area contributed by atoms with Crippen LogP contribution in [0.25, 0.3) is 22.5 Å². The number of nitrogens with zero attached hydrogens (tertiary/aromatic N) is 3. The summed E-state index contributed by atoms with van der Waals surface area (Å²) in [4.78, 5) is 14.5. The van der Waals surface area contributed by atoms with Crippen LogP contribution in [-0.4, -0.2) is 15.1 Å². The van der Waals surface area contributed by atoms with E-state index in [9.17, 15) is 10.1 Å². The van der Waals surface area contributed by atoms with Gasteiger partial charge in [0.15, 0.2) is 0 Å². The molecule has 0 radical (unpaired) electrons. The van der Waals surface area contributed by atoms with Crippen molar-refractivity contribution in [3.63, 3.8) is 0 Å². The van der Waals surface area contributed by atoms with E-state index in [0.29, 0.717) is 22.5 Å². The van der Waals surface area contributed by atoms with Gasteiger partial charge in [-0.3, -0.25) is 15.1 Å². The van der Waals surface area contributed by atoms with Crippen molar-refractivity contribution in [3.8, 4) is 22.5 Å². The lowest BCUT2D eigenvalue weighted by atomic mass is 10.0. The molecule has 2 aromatic heterocycles. The number of hydrogen-bond donors (Lipinski definition) is 1. The van der Waals surface area contributed by atoms with Gasteiger partial charge in [-0.1, -0.05) is 11.2 Å². The van der Waals surface area contributed by atoms with Crippen molar-refractivity contribution in [3.05, 3.63) is 58.8 Å². The summed E-state index contributed by atoms with van der Waals surface area (Å²) in [7, 11) is 0. The average Bonchev–Trinajstić information content (AvgIpc) is 2.90. The SMILES string of the molecule is Nc1onc(-c2ccc([N+](=O)[O-])cc2)c1-c1ccccn1. The lowest BCUT2D eigenvalue weighted by molar-refractivity contribution is -0.384. The van der Waals surface area contributed by atoms with Gasteiger partial charge in [-0.25, -0.2) is 0 Å². The van der Waals surface area contributed by atoms with Crippen LogP contribution in [0.1, 0.15) is 0 Å². The highest BCUT2D eigenvalue weighted by Crippen LogP contribution is 2.35. The summed E-state index contributed by atoms with van der Waals surface area (Å²) in [5.41, 5.74) is 8.19. The highest BCUT2D eigenvalue weighted by molar-refractivity contribution is 5.85. The molecule has 1 aromatic carbocycles. The molecule has 2 heterocycles. The molecule has 7 nitrogen and oxygen atoms in total. The Morgan fingerprint density at radius 1 is 1.14 bits per heavy atom. The van der Waals surface area contributed by atoms with E-state index >= 15 is 0 Å². The summed E-state index contributed by atoms with van der Waals surface area (Å²) in [5.74, 6) is 0.155. The fourth-order valence-corrected chi connectivity index (χ4v) is 2.00. The summed E-state index contributed by atoms with van der Waals surface area (Å²) >= 11 is 0. The highest BCUT2D eigenvalue weighted by Gasteiger charge is 2.18. The Hall–Kier alpha value is -3.22. The van der Waals surface area contributed by atoms with E-state index in [4.69, 9.17) is 10.3 Å². The first-order valence-electron chi connectivity index (χ1n) is 6.08. The largest absolute Gasteiger partial charge is 0.367 e. The molecule has 3 aromatic rings. The minimum Gasteiger partial charge on any atom is -0.367 e. The Balaban J connectivity index is 2.10. The van der Waals surface area contributed by atoms with Gasteiger partial charge in [-0.2, -0.15) is 0 Å². The normalized spacial score (nSPS) is 10.5. The summed E-state index contributed by atoms with van der Waals surface area (Å²) in [5, 5.41) is 14.6. The number of rotatable bonds is 3. The van der Waals surface area contributed by atoms with Gasteiger partial charge < -0.3 is 10.3 Å². The number of nitrogens with two attached hydrogens (primary N) is 1. The van der Waals surface area contributed by atoms with E-state index in [2.05, 4.69) is 10.1 Å². The number of nitrogen functional groups attached to an aromatic ring is 1. The van der Waals surface area contributed by atoms with E-state index in [1.807, 2.05) is 6.07 Å². The van der Waals surface area contributed by atoms with Gasteiger partial charge in [0, 0.05) is 23.9 Å². The number of nitro groups is 1. The van der Waals surface area contributed by atoms with E-state index < -0.39 is 4.92 Å². The van der Waals surface area contributed by atoms with E-state index in [0.717, 1.165) is 0 Å². The molecule has 7 heteroatoms. The van der Waals surface area contributed by atoms with E-state index in [1.54, 1.807) is 30.5 Å². The Morgan fingerprint density at radius 2 is 1.90 bits per heavy atom. The van der Waals surface area contributed by atoms with Crippen molar-refractivity contribution in [1.29, 1.82) is 0 Å². The molecule has 21 heavy (non-hydrogen) atoms. The smallest absolute Gasteiger partial charge is 0.269 e. The summed E-state index contributed by atoms with van der Waals surface area (Å²) in [6.45, 7) is 0. The number of benzene rings is 1. The maximum absolute atomic E-state index is 10.7. The average molecular weight is 282 g/mol. The van der Waals surface area contributed by atoms with Crippen LogP contribution in [0, 0.1) is 10.1 Å². The summed E-state index contributed by atoms with van der Waals surface area (Å²) in [6, 6.07) is 11.4. The summed E-state index contributed by atoms with van der Waals surface area (Å²) in [6.07, 6.45) is 1.64. The zero-order valence-corrected chi connectivity index (χ0v) is 10.8. The second-order valence-electron chi connectivity index (χ2n) is 4.29. The van der Waals surface area contributed by atoms with Crippen molar-refractivity contribution < 1.29 is 9.45 Å². The van der Waals surface area contributed by atoms with Crippen LogP contribution in [0.4, 0.5) is 11.6 Å². The predicted octanol–water partition coefficient (Wildman–Crippen LogP) is 2.89. The van der Waals surface area contributed by atoms with Crippen LogP contribution in [0.3, 0.4) is 0 Å². The predicted molar refractivity (Wildman–Crippen MR) is 76.2 cm³/mol. The molecule has 104 valence electrons. The molecule has 3 rings (SSSR count). The van der Waals surface area contributed by atoms with Crippen LogP contribution in [0.5, 0.6) is 0 Å².